The molecule has 26 heavy (non-hydrogen) atoms. The molecule has 0 radical (unpaired) electrons. The molecule has 1 unspecified atom stereocenters. The number of hydrogen-bond acceptors (Lipinski definition) is 5. The summed E-state index contributed by atoms with van der Waals surface area (Å²) in [4.78, 5) is 25.6. The van der Waals surface area contributed by atoms with Gasteiger partial charge in [-0.25, -0.2) is 0 Å². The lowest BCUT2D eigenvalue weighted by Crippen LogP contribution is -2.26. The van der Waals surface area contributed by atoms with E-state index in [4.69, 9.17) is 0 Å². The minimum absolute atomic E-state index is 0.0239. The monoisotopic (exact) mass is 355 g/mol. The van der Waals surface area contributed by atoms with Crippen molar-refractivity contribution in [1.29, 1.82) is 0 Å². The van der Waals surface area contributed by atoms with Crippen LogP contribution >= 0.6 is 0 Å². The van der Waals surface area contributed by atoms with Gasteiger partial charge >= 0.3 is 0 Å². The van der Waals surface area contributed by atoms with Crippen molar-refractivity contribution in [1.82, 2.24) is 15.1 Å². The molecule has 136 valence electrons. The third kappa shape index (κ3) is 3.14. The Balaban J connectivity index is 1.66. The van der Waals surface area contributed by atoms with E-state index in [2.05, 4.69) is 15.3 Å². The van der Waals surface area contributed by atoms with E-state index < -0.39 is 4.92 Å². The zero-order chi connectivity index (χ0) is 18.3. The summed E-state index contributed by atoms with van der Waals surface area (Å²) in [6, 6.07) is 5.06. The van der Waals surface area contributed by atoms with Crippen molar-refractivity contribution < 1.29 is 9.72 Å². The van der Waals surface area contributed by atoms with Crippen molar-refractivity contribution in [3.63, 3.8) is 0 Å². The van der Waals surface area contributed by atoms with Gasteiger partial charge in [0.1, 0.15) is 5.69 Å². The van der Waals surface area contributed by atoms with Crippen molar-refractivity contribution in [2.75, 3.05) is 11.4 Å². The maximum atomic E-state index is 12.2. The second-order valence-corrected chi connectivity index (χ2v) is 7.01. The lowest BCUT2D eigenvalue weighted by molar-refractivity contribution is -0.384. The molecule has 2 fully saturated rings. The Labute approximate surface area is 150 Å². The average Bonchev–Trinajstić information content (AvgIpc) is 3.12. The fourth-order valence-corrected chi connectivity index (χ4v) is 3.56. The van der Waals surface area contributed by atoms with Gasteiger partial charge in [0.05, 0.1) is 17.2 Å². The molecule has 1 saturated carbocycles. The first-order valence-corrected chi connectivity index (χ1v) is 8.87. The van der Waals surface area contributed by atoms with Gasteiger partial charge in [0.25, 0.3) is 11.6 Å². The van der Waals surface area contributed by atoms with Gasteiger partial charge in [-0.2, -0.15) is 5.10 Å². The normalized spacial score (nSPS) is 19.6. The summed E-state index contributed by atoms with van der Waals surface area (Å²) >= 11 is 0. The van der Waals surface area contributed by atoms with Crippen LogP contribution in [-0.4, -0.2) is 33.2 Å². The molecule has 0 spiro atoms. The van der Waals surface area contributed by atoms with Gasteiger partial charge in [-0.3, -0.25) is 19.6 Å². The number of benzene rings is 1. The summed E-state index contributed by atoms with van der Waals surface area (Å²) in [6.45, 7) is 0.744. The summed E-state index contributed by atoms with van der Waals surface area (Å²) in [5.41, 5.74) is 1.92. The molecule has 0 bridgehead atoms. The quantitative estimate of drug-likeness (QED) is 0.657. The maximum absolute atomic E-state index is 12.2. The molecule has 8 nitrogen and oxygen atoms in total. The van der Waals surface area contributed by atoms with E-state index in [0.29, 0.717) is 11.3 Å². The van der Waals surface area contributed by atoms with Crippen LogP contribution < -0.4 is 10.2 Å². The number of carbonyl (C=O) groups is 1. The molecule has 1 saturated heterocycles. The van der Waals surface area contributed by atoms with Crippen LogP contribution in [-0.2, 0) is 7.05 Å². The van der Waals surface area contributed by atoms with E-state index in [1.165, 1.54) is 6.07 Å². The van der Waals surface area contributed by atoms with Crippen molar-refractivity contribution in [2.45, 2.75) is 37.8 Å². The summed E-state index contributed by atoms with van der Waals surface area (Å²) in [7, 11) is 1.86. The number of nitro benzene ring substituents is 1. The Morgan fingerprint density at radius 1 is 1.35 bits per heavy atom. The molecular formula is C18H21N5O3. The van der Waals surface area contributed by atoms with Crippen LogP contribution in [0.2, 0.25) is 0 Å². The number of carbonyl (C=O) groups excluding carboxylic acids is 1. The zero-order valence-electron chi connectivity index (χ0n) is 14.6. The number of nitro groups is 1. The Kier molecular flexibility index (Phi) is 4.10. The lowest BCUT2D eigenvalue weighted by Gasteiger charge is -2.26. The number of anilines is 1. The van der Waals surface area contributed by atoms with Gasteiger partial charge in [0, 0.05) is 43.0 Å². The second kappa shape index (κ2) is 6.44. The van der Waals surface area contributed by atoms with Gasteiger partial charge in [0.2, 0.25) is 0 Å². The third-order valence-electron chi connectivity index (χ3n) is 5.02. The predicted octanol–water partition coefficient (Wildman–Crippen LogP) is 2.56. The van der Waals surface area contributed by atoms with Crippen LogP contribution in [0, 0.1) is 10.1 Å². The maximum Gasteiger partial charge on any atom is 0.293 e. The number of aryl methyl sites for hydroxylation is 1. The molecule has 1 N–H and O–H groups in total. The highest BCUT2D eigenvalue weighted by molar-refractivity contribution is 5.96. The molecule has 1 aliphatic heterocycles. The van der Waals surface area contributed by atoms with Gasteiger partial charge in [0.15, 0.2) is 0 Å². The average molecular weight is 355 g/mol. The molecule has 1 aliphatic carbocycles. The highest BCUT2D eigenvalue weighted by Gasteiger charge is 2.32. The van der Waals surface area contributed by atoms with Gasteiger partial charge in [-0.1, -0.05) is 0 Å². The first-order valence-electron chi connectivity index (χ1n) is 8.87. The SMILES string of the molecule is Cn1cc(C2CCCN2c2ccc(C(=O)NC3CC3)cc2[N+](=O)[O-])cn1. The number of aromatic nitrogens is 2. The Morgan fingerprint density at radius 3 is 2.81 bits per heavy atom. The summed E-state index contributed by atoms with van der Waals surface area (Å²) in [5.74, 6) is -0.243. The van der Waals surface area contributed by atoms with Crippen LogP contribution in [0.15, 0.2) is 30.6 Å². The van der Waals surface area contributed by atoms with E-state index in [-0.39, 0.29) is 23.7 Å². The van der Waals surface area contributed by atoms with Crippen LogP contribution in [0.25, 0.3) is 0 Å². The van der Waals surface area contributed by atoms with Gasteiger partial charge in [-0.15, -0.1) is 0 Å². The van der Waals surface area contributed by atoms with E-state index in [0.717, 1.165) is 37.8 Å². The first kappa shape index (κ1) is 16.6. The number of rotatable bonds is 5. The van der Waals surface area contributed by atoms with Crippen molar-refractivity contribution >= 4 is 17.3 Å². The van der Waals surface area contributed by atoms with Gasteiger partial charge < -0.3 is 10.2 Å². The molecule has 4 rings (SSSR count). The molecule has 1 aromatic heterocycles. The fourth-order valence-electron chi connectivity index (χ4n) is 3.56. The summed E-state index contributed by atoms with van der Waals surface area (Å²) in [5, 5.41) is 18.8. The topological polar surface area (TPSA) is 93.3 Å². The Hall–Kier alpha value is -2.90. The highest BCUT2D eigenvalue weighted by Crippen LogP contribution is 2.40. The van der Waals surface area contributed by atoms with E-state index in [1.807, 2.05) is 19.4 Å². The third-order valence-corrected chi connectivity index (χ3v) is 5.02. The van der Waals surface area contributed by atoms with E-state index in [1.54, 1.807) is 16.8 Å². The smallest absolute Gasteiger partial charge is 0.293 e. The summed E-state index contributed by atoms with van der Waals surface area (Å²) in [6.07, 6.45) is 7.60. The molecule has 1 aromatic carbocycles. The van der Waals surface area contributed by atoms with Crippen LogP contribution in [0.5, 0.6) is 0 Å². The molecule has 8 heteroatoms. The minimum Gasteiger partial charge on any atom is -0.359 e. The Bertz CT molecular complexity index is 858. The van der Waals surface area contributed by atoms with Crippen LogP contribution in [0.1, 0.15) is 47.6 Å². The fraction of sp³-hybridized carbons (Fsp3) is 0.444. The van der Waals surface area contributed by atoms with E-state index >= 15 is 0 Å². The Morgan fingerprint density at radius 2 is 2.15 bits per heavy atom. The minimum atomic E-state index is -0.401. The molecule has 1 amide bonds. The molecule has 2 aromatic rings. The number of amides is 1. The number of hydrogen-bond donors (Lipinski definition) is 1. The van der Waals surface area contributed by atoms with E-state index in [9.17, 15) is 14.9 Å². The van der Waals surface area contributed by atoms with Gasteiger partial charge in [-0.05, 0) is 37.8 Å². The molecule has 2 aliphatic rings. The van der Waals surface area contributed by atoms with Crippen LogP contribution in [0.3, 0.4) is 0 Å². The molecule has 2 heterocycles. The predicted molar refractivity (Wildman–Crippen MR) is 96.1 cm³/mol. The van der Waals surface area contributed by atoms with Crippen molar-refractivity contribution in [2.24, 2.45) is 7.05 Å². The summed E-state index contributed by atoms with van der Waals surface area (Å²) < 4.78 is 1.74. The highest BCUT2D eigenvalue weighted by atomic mass is 16.6. The first-order chi connectivity index (χ1) is 12.5. The number of nitrogens with one attached hydrogen (secondary N) is 1. The molecular weight excluding hydrogens is 334 g/mol. The van der Waals surface area contributed by atoms with Crippen molar-refractivity contribution in [3.05, 3.63) is 51.8 Å². The van der Waals surface area contributed by atoms with Crippen molar-refractivity contribution in [3.8, 4) is 0 Å². The standard InChI is InChI=1S/C18H21N5O3/c1-21-11-13(10-19-21)15-3-2-8-22(15)16-7-4-12(9-17(16)23(25)26)18(24)20-14-5-6-14/h4,7,9-11,14-15H,2-3,5-6,8H2,1H3,(H,20,24). The molecule has 1 atom stereocenters. The second-order valence-electron chi connectivity index (χ2n) is 7.01. The number of nitrogens with zero attached hydrogens (tertiary/aromatic N) is 4. The largest absolute Gasteiger partial charge is 0.359 e. The lowest BCUT2D eigenvalue weighted by atomic mass is 10.1. The zero-order valence-corrected chi connectivity index (χ0v) is 14.6. The van der Waals surface area contributed by atoms with Crippen LogP contribution in [0.4, 0.5) is 11.4 Å².